The van der Waals surface area contributed by atoms with E-state index in [9.17, 15) is 19.4 Å². The van der Waals surface area contributed by atoms with Gasteiger partial charge < -0.3 is 19.8 Å². The molecule has 0 heterocycles. The highest BCUT2D eigenvalue weighted by Crippen LogP contribution is 2.43. The minimum absolute atomic E-state index is 0.0640. The van der Waals surface area contributed by atoms with Gasteiger partial charge in [0.15, 0.2) is 0 Å². The van der Waals surface area contributed by atoms with Crippen LogP contribution in [0.2, 0.25) is 0 Å². The first-order valence-corrected chi connectivity index (χ1v) is 26.2. The van der Waals surface area contributed by atoms with Crippen molar-refractivity contribution in [2.24, 2.45) is 0 Å². The average Bonchev–Trinajstić information content (AvgIpc) is 3.24. The first-order valence-electron chi connectivity index (χ1n) is 24.8. The molecule has 0 aromatic carbocycles. The summed E-state index contributed by atoms with van der Waals surface area (Å²) in [6.45, 7) is 4.69. The Morgan fingerprint density at radius 2 is 0.952 bits per heavy atom. The number of hydrogen-bond acceptors (Lipinski definition) is 5. The largest absolute Gasteiger partial charge is 0.472 e. The molecule has 0 aliphatic rings. The molecule has 3 unspecified atom stereocenters. The number of quaternary nitrogens is 1. The molecule has 0 saturated carbocycles. The summed E-state index contributed by atoms with van der Waals surface area (Å²) in [7, 11) is 1.58. The monoisotopic (exact) mass is 898 g/mol. The van der Waals surface area contributed by atoms with Crippen LogP contribution in [0, 0.1) is 0 Å². The molecule has 9 heteroatoms. The summed E-state index contributed by atoms with van der Waals surface area (Å²) >= 11 is 0. The van der Waals surface area contributed by atoms with Crippen LogP contribution < -0.4 is 5.32 Å². The molecule has 0 aromatic heterocycles. The van der Waals surface area contributed by atoms with Crippen molar-refractivity contribution in [3.63, 3.8) is 0 Å². The van der Waals surface area contributed by atoms with Gasteiger partial charge in [-0.2, -0.15) is 0 Å². The third kappa shape index (κ3) is 47.0. The Morgan fingerprint density at radius 3 is 1.40 bits per heavy atom. The number of nitrogens with one attached hydrogen (secondary N) is 1. The van der Waals surface area contributed by atoms with Crippen molar-refractivity contribution in [3.8, 4) is 0 Å². The smallest absolute Gasteiger partial charge is 0.391 e. The molecule has 0 fully saturated rings. The molecule has 0 aromatic rings. The highest BCUT2D eigenvalue weighted by molar-refractivity contribution is 7.47. The van der Waals surface area contributed by atoms with Crippen LogP contribution >= 0.6 is 7.82 Å². The van der Waals surface area contributed by atoms with Crippen molar-refractivity contribution in [2.45, 2.75) is 187 Å². The van der Waals surface area contributed by atoms with Gasteiger partial charge in [0.05, 0.1) is 39.9 Å². The number of carbonyl (C=O) groups excluding carboxylic acids is 1. The third-order valence-corrected chi connectivity index (χ3v) is 11.3. The molecule has 0 aliphatic carbocycles. The number of carbonyl (C=O) groups is 1. The van der Waals surface area contributed by atoms with E-state index >= 15 is 0 Å². The van der Waals surface area contributed by atoms with E-state index in [0.717, 1.165) is 116 Å². The van der Waals surface area contributed by atoms with Crippen molar-refractivity contribution in [1.82, 2.24) is 5.32 Å². The maximum absolute atomic E-state index is 12.9. The second-order valence-electron chi connectivity index (χ2n) is 17.5. The predicted octanol–water partition coefficient (Wildman–Crippen LogP) is 14.5. The molecular weight excluding hydrogens is 804 g/mol. The maximum Gasteiger partial charge on any atom is 0.472 e. The minimum atomic E-state index is -4.32. The van der Waals surface area contributed by atoms with E-state index in [0.29, 0.717) is 23.9 Å². The van der Waals surface area contributed by atoms with E-state index in [4.69, 9.17) is 9.05 Å². The van der Waals surface area contributed by atoms with Crippen LogP contribution in [0.15, 0.2) is 109 Å². The Hall–Kier alpha value is -2.84. The SMILES string of the molecule is CC/C=C\C/C=C\C/C=C\C/C=C\C/C=C\C/C=C\C/C=C\C/C=C\C/C=C\CCCCCCCC(=O)NC(COP(=O)(O)OCC[N+](C)(C)C)C(O)CCCCCCCCCC. The van der Waals surface area contributed by atoms with Crippen LogP contribution in [-0.4, -0.2) is 73.4 Å². The van der Waals surface area contributed by atoms with Crippen molar-refractivity contribution in [2.75, 3.05) is 40.9 Å². The van der Waals surface area contributed by atoms with E-state index in [-0.39, 0.29) is 19.1 Å². The van der Waals surface area contributed by atoms with Gasteiger partial charge in [-0.25, -0.2) is 4.57 Å². The van der Waals surface area contributed by atoms with Crippen molar-refractivity contribution in [1.29, 1.82) is 0 Å². The van der Waals surface area contributed by atoms with Gasteiger partial charge in [-0.15, -0.1) is 0 Å². The van der Waals surface area contributed by atoms with Gasteiger partial charge in [-0.05, 0) is 83.5 Å². The summed E-state index contributed by atoms with van der Waals surface area (Å²) in [5.41, 5.74) is 0. The highest BCUT2D eigenvalue weighted by atomic mass is 31.2. The Kier molecular flexibility index (Phi) is 42.4. The molecular formula is C54H94N2O6P+. The fourth-order valence-electron chi connectivity index (χ4n) is 6.39. The summed E-state index contributed by atoms with van der Waals surface area (Å²) in [4.78, 5) is 23.1. The second kappa shape index (κ2) is 44.4. The molecule has 1 amide bonds. The first kappa shape index (κ1) is 60.2. The van der Waals surface area contributed by atoms with E-state index in [2.05, 4.69) is 129 Å². The Labute approximate surface area is 387 Å². The lowest BCUT2D eigenvalue weighted by molar-refractivity contribution is -0.870. The zero-order chi connectivity index (χ0) is 46.4. The van der Waals surface area contributed by atoms with Gasteiger partial charge in [0, 0.05) is 6.42 Å². The molecule has 360 valence electrons. The highest BCUT2D eigenvalue weighted by Gasteiger charge is 2.28. The molecule has 3 atom stereocenters. The van der Waals surface area contributed by atoms with E-state index in [1.165, 1.54) is 32.1 Å². The summed E-state index contributed by atoms with van der Waals surface area (Å²) in [5.74, 6) is -0.173. The van der Waals surface area contributed by atoms with E-state index in [1.807, 2.05) is 21.1 Å². The van der Waals surface area contributed by atoms with Crippen LogP contribution in [0.3, 0.4) is 0 Å². The fraction of sp³-hybridized carbons (Fsp3) is 0.648. The topological polar surface area (TPSA) is 105 Å². The number of likely N-dealkylation sites (N-methyl/N-ethyl adjacent to an activating group) is 1. The number of nitrogens with zero attached hydrogens (tertiary/aromatic N) is 1. The van der Waals surface area contributed by atoms with Gasteiger partial charge >= 0.3 is 7.82 Å². The molecule has 8 nitrogen and oxygen atoms in total. The Bertz CT molecular complexity index is 1390. The lowest BCUT2D eigenvalue weighted by Gasteiger charge is -2.26. The molecule has 0 radical (unpaired) electrons. The van der Waals surface area contributed by atoms with Crippen LogP contribution in [0.1, 0.15) is 174 Å². The second-order valence-corrected chi connectivity index (χ2v) is 18.9. The van der Waals surface area contributed by atoms with Gasteiger partial charge in [0.25, 0.3) is 0 Å². The van der Waals surface area contributed by atoms with Crippen LogP contribution in [0.25, 0.3) is 0 Å². The van der Waals surface area contributed by atoms with Crippen molar-refractivity contribution in [3.05, 3.63) is 109 Å². The minimum Gasteiger partial charge on any atom is -0.391 e. The molecule has 0 spiro atoms. The van der Waals surface area contributed by atoms with Crippen LogP contribution in [-0.2, 0) is 18.4 Å². The zero-order valence-electron chi connectivity index (χ0n) is 40.8. The number of allylic oxidation sites excluding steroid dienone is 18. The number of hydrogen-bond donors (Lipinski definition) is 3. The molecule has 3 N–H and O–H groups in total. The van der Waals surface area contributed by atoms with E-state index < -0.39 is 20.0 Å². The normalized spacial score (nSPS) is 15.1. The molecule has 0 aliphatic heterocycles. The van der Waals surface area contributed by atoms with Crippen LogP contribution in [0.5, 0.6) is 0 Å². The lowest BCUT2D eigenvalue weighted by atomic mass is 10.0. The Morgan fingerprint density at radius 1 is 0.556 bits per heavy atom. The number of amides is 1. The summed E-state index contributed by atoms with van der Waals surface area (Å²) < 4.78 is 23.5. The molecule has 0 bridgehead atoms. The van der Waals surface area contributed by atoms with E-state index in [1.54, 1.807) is 0 Å². The number of aliphatic hydroxyl groups is 1. The standard InChI is InChI=1S/C54H93N2O6P/c1-6-8-10-12-14-16-17-18-19-20-21-22-23-24-25-26-27-28-29-30-31-32-33-34-35-36-37-38-39-40-42-44-46-48-54(58)55-52(51-62-63(59,60)61-50-49-56(3,4)5)53(57)47-45-43-41-15-13-11-9-7-2/h8,10,14,16,18-19,21-22,24-25,27-28,30-31,33-34,36-37,52-53,57H,6-7,9,11-13,15,17,20,23,26,29,32,35,38-51H2,1-5H3,(H-,55,58,59,60)/p+1/b10-8-,16-14-,19-18-,22-21-,25-24-,28-27-,31-30-,34-33-,37-36-. The number of phosphoric ester groups is 1. The van der Waals surface area contributed by atoms with Crippen molar-refractivity contribution >= 4 is 13.7 Å². The molecule has 63 heavy (non-hydrogen) atoms. The molecule has 0 rings (SSSR count). The number of aliphatic hydroxyl groups excluding tert-OH is 1. The quantitative estimate of drug-likeness (QED) is 0.0244. The fourth-order valence-corrected chi connectivity index (χ4v) is 7.12. The lowest BCUT2D eigenvalue weighted by Crippen LogP contribution is -2.46. The van der Waals surface area contributed by atoms with Crippen LogP contribution in [0.4, 0.5) is 0 Å². The van der Waals surface area contributed by atoms with Crippen molar-refractivity contribution < 1.29 is 32.9 Å². The van der Waals surface area contributed by atoms with Gasteiger partial charge in [-0.3, -0.25) is 13.8 Å². The van der Waals surface area contributed by atoms with Gasteiger partial charge in [-0.1, -0.05) is 194 Å². The van der Waals surface area contributed by atoms with Gasteiger partial charge in [0.2, 0.25) is 5.91 Å². The molecule has 0 saturated heterocycles. The summed E-state index contributed by atoms with van der Waals surface area (Å²) in [6, 6.07) is -0.776. The zero-order valence-corrected chi connectivity index (χ0v) is 41.7. The third-order valence-electron chi connectivity index (χ3n) is 10.3. The summed E-state index contributed by atoms with van der Waals surface area (Å²) in [5, 5.41) is 13.9. The number of rotatable bonds is 43. The first-order chi connectivity index (χ1) is 30.5. The predicted molar refractivity (Wildman–Crippen MR) is 272 cm³/mol. The maximum atomic E-state index is 12.9. The number of phosphoric acid groups is 1. The number of unbranched alkanes of at least 4 members (excludes halogenated alkanes) is 12. The summed E-state index contributed by atoms with van der Waals surface area (Å²) in [6.07, 6.45) is 64.3. The van der Waals surface area contributed by atoms with Gasteiger partial charge in [0.1, 0.15) is 13.2 Å². The Balaban J connectivity index is 4.16. The average molecular weight is 898 g/mol.